The summed E-state index contributed by atoms with van der Waals surface area (Å²) in [6.45, 7) is 8.17. The van der Waals surface area contributed by atoms with Crippen molar-refractivity contribution in [1.29, 1.82) is 0 Å². The zero-order chi connectivity index (χ0) is 16.8. The van der Waals surface area contributed by atoms with Gasteiger partial charge in [0.25, 0.3) is 0 Å². The van der Waals surface area contributed by atoms with E-state index in [2.05, 4.69) is 66.4 Å². The Morgan fingerprint density at radius 3 is 2.58 bits per heavy atom. The van der Waals surface area contributed by atoms with E-state index in [0.29, 0.717) is 6.61 Å². The molecule has 0 atom stereocenters. The van der Waals surface area contributed by atoms with Gasteiger partial charge in [0.2, 0.25) is 0 Å². The molecule has 2 aromatic rings. The van der Waals surface area contributed by atoms with Crippen LogP contribution in [0.5, 0.6) is 0 Å². The second-order valence-corrected chi connectivity index (χ2v) is 6.13. The predicted molar refractivity (Wildman–Crippen MR) is 97.8 cm³/mol. The van der Waals surface area contributed by atoms with Crippen LogP contribution in [-0.4, -0.2) is 32.5 Å². The second-order valence-electron chi connectivity index (χ2n) is 6.13. The van der Waals surface area contributed by atoms with Crippen LogP contribution in [0.1, 0.15) is 22.3 Å². The lowest BCUT2D eigenvalue weighted by atomic mass is 10.1. The van der Waals surface area contributed by atoms with Crippen LogP contribution in [0.4, 0.5) is 5.69 Å². The first-order chi connectivity index (χ1) is 11.7. The van der Waals surface area contributed by atoms with E-state index in [1.54, 1.807) is 6.21 Å². The Kier molecular flexibility index (Phi) is 5.49. The predicted octanol–water partition coefficient (Wildman–Crippen LogP) is 3.69. The number of aryl methyl sites for hydroxylation is 2. The Morgan fingerprint density at radius 1 is 1.08 bits per heavy atom. The molecule has 126 valence electrons. The van der Waals surface area contributed by atoms with E-state index in [-0.39, 0.29) is 0 Å². The van der Waals surface area contributed by atoms with Gasteiger partial charge in [0.15, 0.2) is 0 Å². The topological polar surface area (TPSA) is 34.1 Å². The summed E-state index contributed by atoms with van der Waals surface area (Å²) in [5.74, 6) is 0. The van der Waals surface area contributed by atoms with Crippen molar-refractivity contribution < 1.29 is 9.57 Å². The molecule has 0 bridgehead atoms. The molecule has 24 heavy (non-hydrogen) atoms. The summed E-state index contributed by atoms with van der Waals surface area (Å²) in [5, 5.41) is 4.09. The van der Waals surface area contributed by atoms with Gasteiger partial charge >= 0.3 is 0 Å². The van der Waals surface area contributed by atoms with Crippen molar-refractivity contribution in [3.05, 3.63) is 64.7 Å². The zero-order valence-corrected chi connectivity index (χ0v) is 14.4. The van der Waals surface area contributed by atoms with E-state index >= 15 is 0 Å². The molecule has 1 heterocycles. The molecule has 0 radical (unpaired) electrons. The Morgan fingerprint density at radius 2 is 1.83 bits per heavy atom. The highest BCUT2D eigenvalue weighted by atomic mass is 16.6. The van der Waals surface area contributed by atoms with Crippen LogP contribution in [0.2, 0.25) is 0 Å². The van der Waals surface area contributed by atoms with E-state index in [1.165, 1.54) is 22.4 Å². The molecule has 0 saturated carbocycles. The molecule has 4 heteroatoms. The van der Waals surface area contributed by atoms with Crippen molar-refractivity contribution in [2.75, 3.05) is 31.2 Å². The third kappa shape index (κ3) is 4.36. The van der Waals surface area contributed by atoms with Gasteiger partial charge in [0.1, 0.15) is 6.61 Å². The fraction of sp³-hybridized carbons (Fsp3) is 0.350. The number of hydrogen-bond donors (Lipinski definition) is 0. The summed E-state index contributed by atoms with van der Waals surface area (Å²) in [5.41, 5.74) is 5.90. The number of rotatable bonds is 5. The summed E-state index contributed by atoms with van der Waals surface area (Å²) < 4.78 is 5.38. The highest BCUT2D eigenvalue weighted by molar-refractivity contribution is 5.79. The molecule has 1 aliphatic heterocycles. The lowest BCUT2D eigenvalue weighted by Gasteiger charge is -2.28. The number of hydrogen-bond acceptors (Lipinski definition) is 4. The van der Waals surface area contributed by atoms with Crippen molar-refractivity contribution in [2.24, 2.45) is 5.16 Å². The standard InChI is InChI=1S/C20H24N2O2/c1-16-3-4-17(2)19(13-16)15-24-21-14-18-5-7-20(8-6-18)22-9-11-23-12-10-22/h3-8,13-14H,9-12,15H2,1-2H3/b21-14+. The number of benzene rings is 2. The summed E-state index contributed by atoms with van der Waals surface area (Å²) in [7, 11) is 0. The molecular weight excluding hydrogens is 300 g/mol. The Balaban J connectivity index is 1.53. The molecule has 0 N–H and O–H groups in total. The van der Waals surface area contributed by atoms with E-state index in [4.69, 9.17) is 9.57 Å². The van der Waals surface area contributed by atoms with Crippen molar-refractivity contribution in [2.45, 2.75) is 20.5 Å². The SMILES string of the molecule is Cc1ccc(C)c(CO/N=C/c2ccc(N3CCOCC3)cc2)c1. The molecule has 0 unspecified atom stereocenters. The van der Waals surface area contributed by atoms with Crippen LogP contribution < -0.4 is 4.90 Å². The average Bonchev–Trinajstić information content (AvgIpc) is 2.63. The van der Waals surface area contributed by atoms with Gasteiger partial charge in [0, 0.05) is 18.8 Å². The molecule has 4 nitrogen and oxygen atoms in total. The zero-order valence-electron chi connectivity index (χ0n) is 14.4. The molecule has 0 amide bonds. The van der Waals surface area contributed by atoms with Gasteiger partial charge in [-0.15, -0.1) is 0 Å². The summed E-state index contributed by atoms with van der Waals surface area (Å²) in [6.07, 6.45) is 1.76. The van der Waals surface area contributed by atoms with Crippen molar-refractivity contribution >= 4 is 11.9 Å². The van der Waals surface area contributed by atoms with Crippen molar-refractivity contribution in [3.63, 3.8) is 0 Å². The van der Waals surface area contributed by atoms with E-state index in [1.807, 2.05) is 0 Å². The minimum atomic E-state index is 0.496. The third-order valence-corrected chi connectivity index (χ3v) is 4.27. The summed E-state index contributed by atoms with van der Waals surface area (Å²) in [6, 6.07) is 14.7. The fourth-order valence-electron chi connectivity index (χ4n) is 2.75. The van der Waals surface area contributed by atoms with Crippen LogP contribution in [0, 0.1) is 13.8 Å². The molecule has 2 aromatic carbocycles. The van der Waals surface area contributed by atoms with Gasteiger partial charge in [-0.05, 0) is 42.7 Å². The maximum atomic E-state index is 5.45. The lowest BCUT2D eigenvalue weighted by Crippen LogP contribution is -2.36. The summed E-state index contributed by atoms with van der Waals surface area (Å²) >= 11 is 0. The molecule has 0 spiro atoms. The Bertz CT molecular complexity index is 689. The molecule has 0 aliphatic carbocycles. The number of anilines is 1. The molecular formula is C20H24N2O2. The minimum absolute atomic E-state index is 0.496. The van der Waals surface area contributed by atoms with Gasteiger partial charge in [-0.25, -0.2) is 0 Å². The largest absolute Gasteiger partial charge is 0.391 e. The highest BCUT2D eigenvalue weighted by Crippen LogP contribution is 2.16. The van der Waals surface area contributed by atoms with E-state index in [9.17, 15) is 0 Å². The molecule has 0 aromatic heterocycles. The first-order valence-corrected chi connectivity index (χ1v) is 8.36. The normalized spacial score (nSPS) is 15.0. The quantitative estimate of drug-likeness (QED) is 0.621. The fourth-order valence-corrected chi connectivity index (χ4v) is 2.75. The molecule has 1 aliphatic rings. The van der Waals surface area contributed by atoms with Crippen LogP contribution >= 0.6 is 0 Å². The molecule has 1 saturated heterocycles. The van der Waals surface area contributed by atoms with Gasteiger partial charge in [-0.3, -0.25) is 0 Å². The van der Waals surface area contributed by atoms with Crippen LogP contribution in [0.25, 0.3) is 0 Å². The lowest BCUT2D eigenvalue weighted by molar-refractivity contribution is 0.122. The van der Waals surface area contributed by atoms with E-state index in [0.717, 1.165) is 31.9 Å². The van der Waals surface area contributed by atoms with Gasteiger partial charge < -0.3 is 14.5 Å². The van der Waals surface area contributed by atoms with Crippen LogP contribution in [-0.2, 0) is 16.2 Å². The second kappa shape index (κ2) is 7.97. The van der Waals surface area contributed by atoms with Gasteiger partial charge in [0.05, 0.1) is 19.4 Å². The van der Waals surface area contributed by atoms with Crippen molar-refractivity contribution in [3.8, 4) is 0 Å². The number of oxime groups is 1. The summed E-state index contributed by atoms with van der Waals surface area (Å²) in [4.78, 5) is 7.78. The first-order valence-electron chi connectivity index (χ1n) is 8.36. The number of ether oxygens (including phenoxy) is 1. The van der Waals surface area contributed by atoms with Gasteiger partial charge in [-0.1, -0.05) is 41.1 Å². The van der Waals surface area contributed by atoms with E-state index < -0.39 is 0 Å². The maximum Gasteiger partial charge on any atom is 0.142 e. The first kappa shape index (κ1) is 16.5. The maximum absolute atomic E-state index is 5.45. The molecule has 1 fully saturated rings. The van der Waals surface area contributed by atoms with Crippen molar-refractivity contribution in [1.82, 2.24) is 0 Å². The number of nitrogens with zero attached hydrogens (tertiary/aromatic N) is 2. The smallest absolute Gasteiger partial charge is 0.142 e. The third-order valence-electron chi connectivity index (χ3n) is 4.27. The Hall–Kier alpha value is -2.33. The monoisotopic (exact) mass is 324 g/mol. The van der Waals surface area contributed by atoms with Gasteiger partial charge in [-0.2, -0.15) is 0 Å². The minimum Gasteiger partial charge on any atom is -0.391 e. The van der Waals surface area contributed by atoms with Crippen LogP contribution in [0.15, 0.2) is 47.6 Å². The molecule has 3 rings (SSSR count). The highest BCUT2D eigenvalue weighted by Gasteiger charge is 2.10. The van der Waals surface area contributed by atoms with Crippen LogP contribution in [0.3, 0.4) is 0 Å². The average molecular weight is 324 g/mol. The Labute approximate surface area is 143 Å². The number of morpholine rings is 1.